The third kappa shape index (κ3) is 6.58. The molecule has 1 heterocycles. The van der Waals surface area contributed by atoms with Crippen LogP contribution in [-0.4, -0.2) is 57.2 Å². The smallest absolute Gasteiger partial charge is 0.410 e. The molecule has 2 aromatic carbocycles. The van der Waals surface area contributed by atoms with Gasteiger partial charge in [0.1, 0.15) is 29.0 Å². The normalized spacial score (nSPS) is 17.5. The Morgan fingerprint density at radius 2 is 1.89 bits per heavy atom. The van der Waals surface area contributed by atoms with Gasteiger partial charge in [-0.15, -0.1) is 11.6 Å². The van der Waals surface area contributed by atoms with Gasteiger partial charge in [-0.2, -0.15) is 0 Å². The number of fused-ring (bicyclic) bond motifs is 1. The van der Waals surface area contributed by atoms with Gasteiger partial charge in [0.2, 0.25) is 9.84 Å². The Morgan fingerprint density at radius 3 is 2.54 bits per heavy atom. The highest BCUT2D eigenvalue weighted by molar-refractivity contribution is 7.91. The number of likely N-dealkylation sites (N-methyl/N-ethyl adjacent to an activating group) is 1. The molecule has 0 aromatic heterocycles. The van der Waals surface area contributed by atoms with Gasteiger partial charge >= 0.3 is 6.09 Å². The van der Waals surface area contributed by atoms with Crippen molar-refractivity contribution in [3.63, 3.8) is 0 Å². The molecule has 0 fully saturated rings. The SMILES string of the molecule is CC1c2ccc(S(=O)(=O)c3cc(F)cc(OCCCCl)c3)cc2OC1CN(C)C(=O)OC(C)(C)C. The van der Waals surface area contributed by atoms with Gasteiger partial charge in [-0.1, -0.05) is 13.0 Å². The summed E-state index contributed by atoms with van der Waals surface area (Å²) >= 11 is 5.63. The lowest BCUT2D eigenvalue weighted by Crippen LogP contribution is -2.40. The molecule has 2 unspecified atom stereocenters. The van der Waals surface area contributed by atoms with Crippen LogP contribution in [0.5, 0.6) is 11.5 Å². The summed E-state index contributed by atoms with van der Waals surface area (Å²) in [5.41, 5.74) is 0.210. The van der Waals surface area contributed by atoms with Crippen molar-refractivity contribution in [2.24, 2.45) is 0 Å². The quantitative estimate of drug-likeness (QED) is 0.338. The number of rotatable bonds is 8. The van der Waals surface area contributed by atoms with E-state index in [-0.39, 0.29) is 40.7 Å². The number of carbonyl (C=O) groups excluding carboxylic acids is 1. The molecule has 3 rings (SSSR count). The van der Waals surface area contributed by atoms with Gasteiger partial charge in [0.15, 0.2) is 0 Å². The molecule has 1 amide bonds. The molecule has 0 spiro atoms. The lowest BCUT2D eigenvalue weighted by atomic mass is 9.97. The lowest BCUT2D eigenvalue weighted by molar-refractivity contribution is 0.0229. The van der Waals surface area contributed by atoms with Crippen LogP contribution in [0.25, 0.3) is 0 Å². The molecular weight excluding hydrogens is 497 g/mol. The molecule has 35 heavy (non-hydrogen) atoms. The van der Waals surface area contributed by atoms with E-state index >= 15 is 0 Å². The van der Waals surface area contributed by atoms with E-state index in [1.807, 2.05) is 6.92 Å². The number of nitrogens with zero attached hydrogens (tertiary/aromatic N) is 1. The monoisotopic (exact) mass is 527 g/mol. The molecule has 0 radical (unpaired) electrons. The fourth-order valence-corrected chi connectivity index (χ4v) is 5.09. The lowest BCUT2D eigenvalue weighted by Gasteiger charge is -2.27. The average Bonchev–Trinajstić information content (AvgIpc) is 3.07. The van der Waals surface area contributed by atoms with E-state index in [9.17, 15) is 17.6 Å². The average molecular weight is 528 g/mol. The highest BCUT2D eigenvalue weighted by Gasteiger charge is 2.35. The summed E-state index contributed by atoms with van der Waals surface area (Å²) in [7, 11) is -2.41. The number of hydrogen-bond acceptors (Lipinski definition) is 6. The maximum absolute atomic E-state index is 14.2. The molecule has 10 heteroatoms. The number of amides is 1. The first kappa shape index (κ1) is 27.1. The molecule has 192 valence electrons. The molecule has 2 aromatic rings. The van der Waals surface area contributed by atoms with Crippen molar-refractivity contribution in [2.75, 3.05) is 26.1 Å². The minimum atomic E-state index is -4.04. The first-order valence-electron chi connectivity index (χ1n) is 11.3. The summed E-state index contributed by atoms with van der Waals surface area (Å²) in [4.78, 5) is 13.5. The van der Waals surface area contributed by atoms with Crippen molar-refractivity contribution < 1.29 is 31.8 Å². The van der Waals surface area contributed by atoms with Gasteiger partial charge in [-0.3, -0.25) is 0 Å². The van der Waals surface area contributed by atoms with Crippen molar-refractivity contribution in [3.8, 4) is 11.5 Å². The Morgan fingerprint density at radius 1 is 1.17 bits per heavy atom. The van der Waals surface area contributed by atoms with Gasteiger partial charge in [0.05, 0.1) is 22.9 Å². The van der Waals surface area contributed by atoms with Gasteiger partial charge in [0, 0.05) is 30.5 Å². The van der Waals surface area contributed by atoms with E-state index in [1.165, 1.54) is 23.1 Å². The minimum Gasteiger partial charge on any atom is -0.493 e. The molecular formula is C25H31ClFNO6S. The molecule has 1 aliphatic heterocycles. The molecule has 0 saturated carbocycles. The van der Waals surface area contributed by atoms with E-state index in [4.69, 9.17) is 25.8 Å². The van der Waals surface area contributed by atoms with Crippen LogP contribution in [0.15, 0.2) is 46.2 Å². The van der Waals surface area contributed by atoms with Gasteiger partial charge in [0.25, 0.3) is 0 Å². The standard InChI is InChI=1S/C25H31ClFNO6S/c1-16-21-8-7-19(14-22(21)33-23(16)15-28(5)24(29)34-25(2,3)4)35(30,31)20-12-17(27)11-18(13-20)32-10-6-9-26/h7-8,11-14,16,23H,6,9-10,15H2,1-5H3. The predicted molar refractivity (Wildman–Crippen MR) is 131 cm³/mol. The topological polar surface area (TPSA) is 82.1 Å². The second-order valence-corrected chi connectivity index (χ2v) is 11.9. The van der Waals surface area contributed by atoms with Gasteiger partial charge in [-0.05, 0) is 51.5 Å². The van der Waals surface area contributed by atoms with Crippen LogP contribution in [0.4, 0.5) is 9.18 Å². The van der Waals surface area contributed by atoms with Crippen LogP contribution < -0.4 is 9.47 Å². The summed E-state index contributed by atoms with van der Waals surface area (Å²) in [6.45, 7) is 7.83. The molecule has 2 atom stereocenters. The highest BCUT2D eigenvalue weighted by atomic mass is 35.5. The Balaban J connectivity index is 1.80. The number of halogens is 2. The zero-order valence-corrected chi connectivity index (χ0v) is 22.1. The minimum absolute atomic E-state index is 0.0260. The second-order valence-electron chi connectivity index (χ2n) is 9.52. The first-order valence-corrected chi connectivity index (χ1v) is 13.3. The van der Waals surface area contributed by atoms with E-state index in [0.29, 0.717) is 18.1 Å². The number of benzene rings is 2. The number of sulfone groups is 1. The summed E-state index contributed by atoms with van der Waals surface area (Å²) in [5, 5.41) is 0. The molecule has 0 saturated heterocycles. The summed E-state index contributed by atoms with van der Waals surface area (Å²) in [5.74, 6) is 0.106. The van der Waals surface area contributed by atoms with Crippen LogP contribution in [0.1, 0.15) is 45.6 Å². The fourth-order valence-electron chi connectivity index (χ4n) is 3.66. The maximum atomic E-state index is 14.2. The van der Waals surface area contributed by atoms with Crippen LogP contribution in [-0.2, 0) is 14.6 Å². The summed E-state index contributed by atoms with van der Waals surface area (Å²) < 4.78 is 57.5. The third-order valence-corrected chi connectivity index (χ3v) is 7.48. The zero-order chi connectivity index (χ0) is 26.0. The van der Waals surface area contributed by atoms with E-state index in [2.05, 4.69) is 0 Å². The van der Waals surface area contributed by atoms with Crippen molar-refractivity contribution in [2.45, 2.75) is 61.5 Å². The first-order chi connectivity index (χ1) is 16.3. The van der Waals surface area contributed by atoms with E-state index < -0.39 is 27.3 Å². The van der Waals surface area contributed by atoms with Crippen LogP contribution in [0.3, 0.4) is 0 Å². The Bertz CT molecular complexity index is 1180. The van der Waals surface area contributed by atoms with Crippen LogP contribution in [0, 0.1) is 5.82 Å². The molecule has 7 nitrogen and oxygen atoms in total. The van der Waals surface area contributed by atoms with E-state index in [0.717, 1.165) is 17.7 Å². The van der Waals surface area contributed by atoms with Gasteiger partial charge in [-0.25, -0.2) is 17.6 Å². The molecule has 0 aliphatic carbocycles. The number of ether oxygens (including phenoxy) is 3. The molecule has 0 bridgehead atoms. The second kappa shape index (κ2) is 10.6. The predicted octanol–water partition coefficient (Wildman–Crippen LogP) is 5.40. The van der Waals surface area contributed by atoms with Gasteiger partial charge < -0.3 is 19.1 Å². The molecule has 1 aliphatic rings. The number of carbonyl (C=O) groups is 1. The maximum Gasteiger partial charge on any atom is 0.410 e. The van der Waals surface area contributed by atoms with Crippen molar-refractivity contribution in [1.29, 1.82) is 0 Å². The zero-order valence-electron chi connectivity index (χ0n) is 20.5. The van der Waals surface area contributed by atoms with Crippen LogP contribution in [0.2, 0.25) is 0 Å². The summed E-state index contributed by atoms with van der Waals surface area (Å²) in [6, 6.07) is 7.99. The van der Waals surface area contributed by atoms with Crippen molar-refractivity contribution in [1.82, 2.24) is 4.90 Å². The summed E-state index contributed by atoms with van der Waals surface area (Å²) in [6.07, 6.45) is -0.301. The molecule has 0 N–H and O–H groups in total. The Hall–Kier alpha value is -2.52. The van der Waals surface area contributed by atoms with Crippen molar-refractivity contribution in [3.05, 3.63) is 47.8 Å². The van der Waals surface area contributed by atoms with Crippen molar-refractivity contribution >= 4 is 27.5 Å². The fraction of sp³-hybridized carbons (Fsp3) is 0.480. The Labute approximate surface area is 211 Å². The van der Waals surface area contributed by atoms with E-state index in [1.54, 1.807) is 33.9 Å². The van der Waals surface area contributed by atoms with Crippen LogP contribution >= 0.6 is 11.6 Å². The Kier molecular flexibility index (Phi) is 8.21. The number of hydrogen-bond donors (Lipinski definition) is 0. The highest BCUT2D eigenvalue weighted by Crippen LogP contribution is 2.40. The largest absolute Gasteiger partial charge is 0.493 e. The number of alkyl halides is 1. The third-order valence-electron chi connectivity index (χ3n) is 5.48.